The van der Waals surface area contributed by atoms with Gasteiger partial charge in [0.15, 0.2) is 6.29 Å². The summed E-state index contributed by atoms with van der Waals surface area (Å²) in [6, 6.07) is 0. The molecule has 6 heteroatoms. The quantitative estimate of drug-likeness (QED) is 0.183. The zero-order valence-corrected chi connectivity index (χ0v) is 21.6. The van der Waals surface area contributed by atoms with Crippen LogP contribution in [-0.2, 0) is 13.6 Å². The molecule has 0 aromatic carbocycles. The smallest absolute Gasteiger partial charge is 0.385 e. The third-order valence-corrected chi connectivity index (χ3v) is 7.01. The van der Waals surface area contributed by atoms with Crippen LogP contribution in [0.1, 0.15) is 98.8 Å². The van der Waals surface area contributed by atoms with E-state index >= 15 is 0 Å². The Labute approximate surface area is 180 Å². The molecule has 0 aliphatic carbocycles. The molecular weight excluding hydrogens is 425 g/mol. The van der Waals surface area contributed by atoms with E-state index in [0.717, 1.165) is 6.54 Å². The highest BCUT2D eigenvalue weighted by Crippen LogP contribution is 2.51. The molecule has 0 aromatic heterocycles. The first-order chi connectivity index (χ1) is 12.1. The van der Waals surface area contributed by atoms with Gasteiger partial charge in [-0.15, -0.1) is 0 Å². The third-order valence-electron chi connectivity index (χ3n) is 4.42. The minimum absolute atomic E-state index is 0. The number of halogens is 1. The molecule has 0 rings (SSSR count). The van der Waals surface area contributed by atoms with Gasteiger partial charge in [-0.1, -0.05) is 58.3 Å². The second-order valence-corrected chi connectivity index (χ2v) is 10.8. The minimum Gasteiger partial charge on any atom is -1.00 e. The molecule has 0 aromatic rings. The van der Waals surface area contributed by atoms with E-state index in [-0.39, 0.29) is 29.2 Å². The maximum absolute atomic E-state index is 13.1. The van der Waals surface area contributed by atoms with Crippen LogP contribution in [-0.4, -0.2) is 43.6 Å². The van der Waals surface area contributed by atoms with Crippen molar-refractivity contribution in [2.75, 3.05) is 26.9 Å². The van der Waals surface area contributed by atoms with Crippen LogP contribution in [0.15, 0.2) is 0 Å². The molecular formula is C21H47BrNO3P. The normalized spacial score (nSPS) is 12.6. The SMILES string of the molecule is CCCCCCCCCCCC[N+](C)(C)CP(=O)(OC(C)C)OC(C)C.[Br-]. The summed E-state index contributed by atoms with van der Waals surface area (Å²) in [5.74, 6) is 0. The molecule has 4 nitrogen and oxygen atoms in total. The van der Waals surface area contributed by atoms with Gasteiger partial charge < -0.3 is 30.5 Å². The maximum Gasteiger partial charge on any atom is 0.385 e. The average molecular weight is 472 g/mol. The van der Waals surface area contributed by atoms with Crippen molar-refractivity contribution in [1.82, 2.24) is 0 Å². The van der Waals surface area contributed by atoms with Gasteiger partial charge in [-0.3, -0.25) is 4.57 Å². The lowest BCUT2D eigenvalue weighted by Crippen LogP contribution is -3.00. The standard InChI is InChI=1S/C21H47NO3P.BrH/c1-8-9-10-11-12-13-14-15-16-17-18-22(6,7)19-26(23,24-20(2)3)25-21(4)5;/h20-21H,8-19H2,1-7H3;1H/q+1;/p-1. The van der Waals surface area contributed by atoms with Crippen LogP contribution in [0, 0.1) is 0 Å². The predicted molar refractivity (Wildman–Crippen MR) is 114 cm³/mol. The van der Waals surface area contributed by atoms with Crippen molar-refractivity contribution < 1.29 is 35.1 Å². The fourth-order valence-corrected chi connectivity index (χ4v) is 5.85. The van der Waals surface area contributed by atoms with Gasteiger partial charge in [-0.05, 0) is 40.5 Å². The van der Waals surface area contributed by atoms with Crippen LogP contribution >= 0.6 is 7.60 Å². The first-order valence-electron chi connectivity index (χ1n) is 10.9. The first kappa shape index (κ1) is 29.8. The molecule has 0 spiro atoms. The molecule has 0 saturated heterocycles. The zero-order chi connectivity index (χ0) is 20.1. The van der Waals surface area contributed by atoms with E-state index < -0.39 is 7.60 Å². The van der Waals surface area contributed by atoms with E-state index in [4.69, 9.17) is 9.05 Å². The largest absolute Gasteiger partial charge is 1.00 e. The summed E-state index contributed by atoms with van der Waals surface area (Å²) in [6.45, 7) is 10.9. The molecule has 0 radical (unpaired) electrons. The van der Waals surface area contributed by atoms with Gasteiger partial charge in [0.2, 0.25) is 0 Å². The number of quaternary nitrogens is 1. The molecule has 0 aliphatic heterocycles. The summed E-state index contributed by atoms with van der Waals surface area (Å²) in [5, 5.41) is 0. The molecule has 0 amide bonds. The van der Waals surface area contributed by atoms with Crippen LogP contribution < -0.4 is 17.0 Å². The van der Waals surface area contributed by atoms with E-state index in [1.807, 2.05) is 27.7 Å². The summed E-state index contributed by atoms with van der Waals surface area (Å²) >= 11 is 0. The van der Waals surface area contributed by atoms with Crippen molar-refractivity contribution in [1.29, 1.82) is 0 Å². The van der Waals surface area contributed by atoms with Gasteiger partial charge in [0.1, 0.15) is 0 Å². The molecule has 0 heterocycles. The summed E-state index contributed by atoms with van der Waals surface area (Å²) in [6.07, 6.45) is 13.7. The fourth-order valence-electron chi connectivity index (χ4n) is 3.30. The Balaban J connectivity index is 0. The number of hydrogen-bond acceptors (Lipinski definition) is 3. The molecule has 0 fully saturated rings. The van der Waals surface area contributed by atoms with Crippen molar-refractivity contribution in [3.8, 4) is 0 Å². The van der Waals surface area contributed by atoms with Crippen LogP contribution in [0.4, 0.5) is 0 Å². The summed E-state index contributed by atoms with van der Waals surface area (Å²) < 4.78 is 25.2. The Kier molecular flexibility index (Phi) is 18.1. The number of rotatable bonds is 17. The van der Waals surface area contributed by atoms with Crippen molar-refractivity contribution >= 4 is 7.60 Å². The van der Waals surface area contributed by atoms with Crippen molar-refractivity contribution in [3.63, 3.8) is 0 Å². The van der Waals surface area contributed by atoms with Gasteiger partial charge in [-0.2, -0.15) is 0 Å². The van der Waals surface area contributed by atoms with Gasteiger partial charge in [0.25, 0.3) is 0 Å². The molecule has 0 bridgehead atoms. The van der Waals surface area contributed by atoms with E-state index in [0.29, 0.717) is 10.8 Å². The number of unbranched alkanes of at least 4 members (excludes halogenated alkanes) is 9. The lowest BCUT2D eigenvalue weighted by atomic mass is 10.1. The van der Waals surface area contributed by atoms with Crippen molar-refractivity contribution in [3.05, 3.63) is 0 Å². The Morgan fingerprint density at radius 1 is 0.741 bits per heavy atom. The number of hydrogen-bond donors (Lipinski definition) is 0. The zero-order valence-electron chi connectivity index (χ0n) is 19.1. The summed E-state index contributed by atoms with van der Waals surface area (Å²) in [4.78, 5) is 0. The van der Waals surface area contributed by atoms with E-state index in [2.05, 4.69) is 21.0 Å². The highest BCUT2D eigenvalue weighted by atomic mass is 79.9. The second-order valence-electron chi connectivity index (χ2n) is 8.90. The Morgan fingerprint density at radius 3 is 1.48 bits per heavy atom. The highest BCUT2D eigenvalue weighted by Gasteiger charge is 2.36. The number of nitrogens with zero attached hydrogens (tertiary/aromatic N) is 1. The third kappa shape index (κ3) is 18.4. The Bertz CT molecular complexity index is 376. The molecule has 0 atom stereocenters. The Hall–Kier alpha value is 0.590. The molecule has 166 valence electrons. The van der Waals surface area contributed by atoms with Gasteiger partial charge >= 0.3 is 7.60 Å². The monoisotopic (exact) mass is 471 g/mol. The van der Waals surface area contributed by atoms with Crippen LogP contribution in [0.3, 0.4) is 0 Å². The lowest BCUT2D eigenvalue weighted by molar-refractivity contribution is -0.880. The van der Waals surface area contributed by atoms with Crippen molar-refractivity contribution in [2.45, 2.75) is 111 Å². The van der Waals surface area contributed by atoms with Gasteiger partial charge in [0, 0.05) is 0 Å². The van der Waals surface area contributed by atoms with E-state index in [9.17, 15) is 4.57 Å². The molecule has 0 saturated carbocycles. The maximum atomic E-state index is 13.1. The van der Waals surface area contributed by atoms with Gasteiger partial charge in [0.05, 0.1) is 32.8 Å². The van der Waals surface area contributed by atoms with Gasteiger partial charge in [-0.25, -0.2) is 0 Å². The van der Waals surface area contributed by atoms with Crippen LogP contribution in [0.5, 0.6) is 0 Å². The summed E-state index contributed by atoms with van der Waals surface area (Å²) in [7, 11) is 1.20. The van der Waals surface area contributed by atoms with Crippen LogP contribution in [0.25, 0.3) is 0 Å². The predicted octanol–water partition coefficient (Wildman–Crippen LogP) is 3.99. The second kappa shape index (κ2) is 16.4. The molecule has 27 heavy (non-hydrogen) atoms. The Morgan fingerprint density at radius 2 is 1.11 bits per heavy atom. The first-order valence-corrected chi connectivity index (χ1v) is 12.6. The highest BCUT2D eigenvalue weighted by molar-refractivity contribution is 7.53. The lowest BCUT2D eigenvalue weighted by Gasteiger charge is -2.34. The molecule has 0 unspecified atom stereocenters. The van der Waals surface area contributed by atoms with Crippen LogP contribution in [0.2, 0.25) is 0 Å². The molecule has 0 N–H and O–H groups in total. The van der Waals surface area contributed by atoms with E-state index in [1.54, 1.807) is 0 Å². The average Bonchev–Trinajstić information content (AvgIpc) is 2.46. The van der Waals surface area contributed by atoms with E-state index in [1.165, 1.54) is 64.2 Å². The topological polar surface area (TPSA) is 35.5 Å². The molecule has 0 aliphatic rings. The fraction of sp³-hybridized carbons (Fsp3) is 1.00. The van der Waals surface area contributed by atoms with Crippen molar-refractivity contribution in [2.24, 2.45) is 0 Å². The summed E-state index contributed by atoms with van der Waals surface area (Å²) in [5.41, 5.74) is 0. The minimum atomic E-state index is -3.06.